The van der Waals surface area contributed by atoms with E-state index in [4.69, 9.17) is 34.8 Å². The van der Waals surface area contributed by atoms with Gasteiger partial charge in [-0.1, -0.05) is 59.9 Å². The van der Waals surface area contributed by atoms with Crippen LogP contribution >= 0.6 is 34.8 Å². The third kappa shape index (κ3) is 7.24. The summed E-state index contributed by atoms with van der Waals surface area (Å²) in [6.07, 6.45) is 1.32. The Kier molecular flexibility index (Phi) is 9.84. The van der Waals surface area contributed by atoms with Crippen molar-refractivity contribution < 1.29 is 18.0 Å². The van der Waals surface area contributed by atoms with E-state index in [0.29, 0.717) is 23.6 Å². The van der Waals surface area contributed by atoms with E-state index in [9.17, 15) is 18.0 Å². The normalized spacial score (nSPS) is 12.2. The van der Waals surface area contributed by atoms with Crippen molar-refractivity contribution >= 4 is 62.3 Å². The van der Waals surface area contributed by atoms with Crippen molar-refractivity contribution in [3.63, 3.8) is 0 Å². The number of hydrogen-bond acceptors (Lipinski definition) is 4. The zero-order valence-corrected chi connectivity index (χ0v) is 21.6. The largest absolute Gasteiger partial charge is 0.355 e. The Bertz CT molecular complexity index is 1110. The molecule has 7 nitrogen and oxygen atoms in total. The van der Waals surface area contributed by atoms with Gasteiger partial charge < -0.3 is 10.2 Å². The zero-order valence-electron chi connectivity index (χ0n) is 18.5. The number of carbonyl (C=O) groups excluding carboxylic acids is 2. The van der Waals surface area contributed by atoms with E-state index in [1.165, 1.54) is 23.1 Å². The summed E-state index contributed by atoms with van der Waals surface area (Å²) >= 11 is 18.3. The van der Waals surface area contributed by atoms with E-state index in [1.54, 1.807) is 38.1 Å². The number of nitrogens with one attached hydrogen (secondary N) is 1. The Morgan fingerprint density at radius 1 is 1.00 bits per heavy atom. The molecule has 11 heteroatoms. The number of nitrogens with zero attached hydrogens (tertiary/aromatic N) is 2. The van der Waals surface area contributed by atoms with Gasteiger partial charge in [-0.25, -0.2) is 8.42 Å². The second-order valence-corrected chi connectivity index (χ2v) is 10.4. The lowest BCUT2D eigenvalue weighted by molar-refractivity contribution is -0.140. The van der Waals surface area contributed by atoms with Crippen LogP contribution in [-0.2, 0) is 26.2 Å². The van der Waals surface area contributed by atoms with Gasteiger partial charge in [0.1, 0.15) is 12.6 Å². The summed E-state index contributed by atoms with van der Waals surface area (Å²) in [4.78, 5) is 27.6. The van der Waals surface area contributed by atoms with Gasteiger partial charge in [0.15, 0.2) is 0 Å². The first kappa shape index (κ1) is 27.2. The van der Waals surface area contributed by atoms with Crippen LogP contribution in [-0.4, -0.2) is 50.5 Å². The molecule has 0 aromatic heterocycles. The van der Waals surface area contributed by atoms with Crippen LogP contribution in [0.5, 0.6) is 0 Å². The quantitative estimate of drug-likeness (QED) is 0.491. The molecule has 2 aromatic carbocycles. The van der Waals surface area contributed by atoms with E-state index in [1.807, 2.05) is 0 Å². The summed E-state index contributed by atoms with van der Waals surface area (Å²) in [5.74, 6) is -0.898. The third-order valence-corrected chi connectivity index (χ3v) is 7.15. The van der Waals surface area contributed by atoms with E-state index in [0.717, 1.165) is 10.6 Å². The van der Waals surface area contributed by atoms with Crippen molar-refractivity contribution in [1.82, 2.24) is 10.2 Å². The molecule has 0 radical (unpaired) electrons. The van der Waals surface area contributed by atoms with Gasteiger partial charge in [0.05, 0.1) is 22.0 Å². The summed E-state index contributed by atoms with van der Waals surface area (Å²) in [7, 11) is -3.86. The van der Waals surface area contributed by atoms with E-state index >= 15 is 0 Å². The standard InChI is InChI=1S/C22H26Cl3N3O4S/c1-4-20(22(30)26-5-2)27(13-15-8-6-7-9-17(15)23)21(29)14-28(33(3,31)32)16-10-11-18(24)19(25)12-16/h6-12,20H,4-5,13-14H2,1-3H3,(H,26,30)/t20-/m0/s1. The van der Waals surface area contributed by atoms with E-state index in [2.05, 4.69) is 5.32 Å². The molecular weight excluding hydrogens is 509 g/mol. The van der Waals surface area contributed by atoms with Crippen LogP contribution in [0.15, 0.2) is 42.5 Å². The Balaban J connectivity index is 2.47. The fourth-order valence-corrected chi connectivity index (χ4v) is 4.60. The highest BCUT2D eigenvalue weighted by molar-refractivity contribution is 7.92. The SMILES string of the molecule is CCNC(=O)[C@H](CC)N(Cc1ccccc1Cl)C(=O)CN(c1ccc(Cl)c(Cl)c1)S(C)(=O)=O. The van der Waals surface area contributed by atoms with Gasteiger partial charge in [-0.2, -0.15) is 0 Å². The highest BCUT2D eigenvalue weighted by Gasteiger charge is 2.32. The molecule has 2 amide bonds. The number of anilines is 1. The molecule has 0 unspecified atom stereocenters. The fourth-order valence-electron chi connectivity index (χ4n) is 3.28. The highest BCUT2D eigenvalue weighted by Crippen LogP contribution is 2.29. The number of benzene rings is 2. The molecule has 180 valence electrons. The molecule has 0 aliphatic carbocycles. The van der Waals surface area contributed by atoms with Crippen molar-refractivity contribution in [3.05, 3.63) is 63.1 Å². The molecule has 2 aromatic rings. The number of sulfonamides is 1. The second kappa shape index (κ2) is 11.9. The van der Waals surface area contributed by atoms with Gasteiger partial charge in [0.2, 0.25) is 21.8 Å². The number of carbonyl (C=O) groups is 2. The average Bonchev–Trinajstić information content (AvgIpc) is 2.74. The minimum absolute atomic E-state index is 0.0348. The molecule has 0 saturated carbocycles. The zero-order chi connectivity index (χ0) is 24.8. The molecule has 2 rings (SSSR count). The summed E-state index contributed by atoms with van der Waals surface area (Å²) in [6.45, 7) is 3.45. The lowest BCUT2D eigenvalue weighted by Gasteiger charge is -2.33. The van der Waals surface area contributed by atoms with E-state index in [-0.39, 0.29) is 28.2 Å². The van der Waals surface area contributed by atoms with Crippen LogP contribution in [0.25, 0.3) is 0 Å². The Labute approximate surface area is 209 Å². The average molecular weight is 535 g/mol. The lowest BCUT2D eigenvalue weighted by atomic mass is 10.1. The first-order valence-electron chi connectivity index (χ1n) is 10.2. The van der Waals surface area contributed by atoms with Gasteiger partial charge >= 0.3 is 0 Å². The molecule has 0 aliphatic rings. The molecule has 0 saturated heterocycles. The number of halogens is 3. The summed E-state index contributed by atoms with van der Waals surface area (Å²) in [5.41, 5.74) is 0.819. The molecule has 0 bridgehead atoms. The number of amides is 2. The van der Waals surface area contributed by atoms with Crippen LogP contribution in [0.3, 0.4) is 0 Å². The van der Waals surface area contributed by atoms with Crippen molar-refractivity contribution in [3.8, 4) is 0 Å². The summed E-state index contributed by atoms with van der Waals surface area (Å²) in [5, 5.41) is 3.57. The van der Waals surface area contributed by atoms with Gasteiger partial charge in [-0.3, -0.25) is 13.9 Å². The van der Waals surface area contributed by atoms with Crippen molar-refractivity contribution in [2.24, 2.45) is 0 Å². The van der Waals surface area contributed by atoms with Crippen molar-refractivity contribution in [1.29, 1.82) is 0 Å². The van der Waals surface area contributed by atoms with Gasteiger partial charge in [-0.05, 0) is 43.2 Å². The fraction of sp³-hybridized carbons (Fsp3) is 0.364. The van der Waals surface area contributed by atoms with Crippen LogP contribution < -0.4 is 9.62 Å². The van der Waals surface area contributed by atoms with Gasteiger partial charge in [-0.15, -0.1) is 0 Å². The monoisotopic (exact) mass is 533 g/mol. The third-order valence-electron chi connectivity index (χ3n) is 4.91. The highest BCUT2D eigenvalue weighted by atomic mass is 35.5. The van der Waals surface area contributed by atoms with Crippen LogP contribution in [0.2, 0.25) is 15.1 Å². The molecule has 1 atom stereocenters. The maximum absolute atomic E-state index is 13.5. The first-order valence-corrected chi connectivity index (χ1v) is 13.2. The Morgan fingerprint density at radius 3 is 2.21 bits per heavy atom. The predicted octanol–water partition coefficient (Wildman–Crippen LogP) is 4.36. The lowest BCUT2D eigenvalue weighted by Crippen LogP contribution is -2.52. The number of likely N-dealkylation sites (N-methyl/N-ethyl adjacent to an activating group) is 1. The van der Waals surface area contributed by atoms with E-state index < -0.39 is 28.5 Å². The second-order valence-electron chi connectivity index (χ2n) is 7.30. The Morgan fingerprint density at radius 2 is 1.67 bits per heavy atom. The molecule has 0 heterocycles. The summed E-state index contributed by atoms with van der Waals surface area (Å²) < 4.78 is 26.0. The molecule has 1 N–H and O–H groups in total. The number of hydrogen-bond donors (Lipinski definition) is 1. The smallest absolute Gasteiger partial charge is 0.244 e. The molecule has 0 spiro atoms. The molecule has 33 heavy (non-hydrogen) atoms. The minimum atomic E-state index is -3.86. The summed E-state index contributed by atoms with van der Waals surface area (Å²) in [6, 6.07) is 10.4. The molecule has 0 aliphatic heterocycles. The number of rotatable bonds is 10. The van der Waals surface area contributed by atoms with Crippen LogP contribution in [0.4, 0.5) is 5.69 Å². The maximum Gasteiger partial charge on any atom is 0.244 e. The van der Waals surface area contributed by atoms with Crippen LogP contribution in [0.1, 0.15) is 25.8 Å². The maximum atomic E-state index is 13.5. The molecule has 0 fully saturated rings. The minimum Gasteiger partial charge on any atom is -0.355 e. The van der Waals surface area contributed by atoms with Crippen molar-refractivity contribution in [2.75, 3.05) is 23.7 Å². The predicted molar refractivity (Wildman–Crippen MR) is 133 cm³/mol. The topological polar surface area (TPSA) is 86.8 Å². The van der Waals surface area contributed by atoms with Crippen molar-refractivity contribution in [2.45, 2.75) is 32.9 Å². The van der Waals surface area contributed by atoms with Gasteiger partial charge in [0.25, 0.3) is 0 Å². The van der Waals surface area contributed by atoms with Crippen LogP contribution in [0, 0.1) is 0 Å². The molecular formula is C22H26Cl3N3O4S. The Hall–Kier alpha value is -2.00. The van der Waals surface area contributed by atoms with Gasteiger partial charge in [0, 0.05) is 18.1 Å². The first-order chi connectivity index (χ1) is 15.5.